The molecule has 2 N–H and O–H groups in total. The topological polar surface area (TPSA) is 87.2 Å². The molecular formula is C12H17N5O2. The van der Waals surface area contributed by atoms with Crippen LogP contribution in [0.2, 0.25) is 0 Å². The highest BCUT2D eigenvalue weighted by Gasteiger charge is 2.31. The van der Waals surface area contributed by atoms with Gasteiger partial charge in [-0.05, 0) is 20.8 Å². The Bertz CT molecular complexity index is 517. The largest absolute Gasteiger partial charge is 0.354 e. The van der Waals surface area contributed by atoms with E-state index in [9.17, 15) is 9.59 Å². The Morgan fingerprint density at radius 2 is 2.21 bits per heavy atom. The average molecular weight is 263 g/mol. The fraction of sp³-hybridized carbons (Fsp3) is 0.500. The van der Waals surface area contributed by atoms with Gasteiger partial charge in [-0.3, -0.25) is 14.9 Å². The Hall–Kier alpha value is -2.18. The average Bonchev–Trinajstić information content (AvgIpc) is 2.33. The number of imide groups is 1. The van der Waals surface area contributed by atoms with Gasteiger partial charge in [-0.2, -0.15) is 4.98 Å². The van der Waals surface area contributed by atoms with Gasteiger partial charge in [0.1, 0.15) is 11.9 Å². The summed E-state index contributed by atoms with van der Waals surface area (Å²) in [6.07, 6.45) is 0. The Labute approximate surface area is 111 Å². The van der Waals surface area contributed by atoms with E-state index in [2.05, 4.69) is 20.6 Å². The molecule has 2 heterocycles. The third-order valence-corrected chi connectivity index (χ3v) is 2.89. The monoisotopic (exact) mass is 263 g/mol. The molecule has 1 saturated heterocycles. The predicted molar refractivity (Wildman–Crippen MR) is 70.9 cm³/mol. The van der Waals surface area contributed by atoms with Crippen LogP contribution in [0, 0.1) is 6.92 Å². The molecule has 0 aromatic carbocycles. The number of anilines is 2. The fourth-order valence-electron chi connectivity index (χ4n) is 1.93. The van der Waals surface area contributed by atoms with E-state index in [-0.39, 0.29) is 18.4 Å². The van der Waals surface area contributed by atoms with Crippen LogP contribution in [-0.2, 0) is 9.59 Å². The molecule has 0 aliphatic carbocycles. The first-order chi connectivity index (χ1) is 9.01. The van der Waals surface area contributed by atoms with Gasteiger partial charge in [0.05, 0.1) is 6.54 Å². The third kappa shape index (κ3) is 2.81. The zero-order valence-electron chi connectivity index (χ0n) is 11.2. The summed E-state index contributed by atoms with van der Waals surface area (Å²) in [6.45, 7) is 6.37. The second-order valence-corrected chi connectivity index (χ2v) is 4.44. The molecule has 0 saturated carbocycles. The van der Waals surface area contributed by atoms with Crippen LogP contribution >= 0.6 is 0 Å². The minimum absolute atomic E-state index is 0.120. The Morgan fingerprint density at radius 3 is 2.89 bits per heavy atom. The number of carbonyl (C=O) groups excluding carboxylic acids is 2. The maximum atomic E-state index is 11.7. The highest BCUT2D eigenvalue weighted by atomic mass is 16.2. The summed E-state index contributed by atoms with van der Waals surface area (Å²) in [6, 6.07) is 1.34. The maximum Gasteiger partial charge on any atom is 0.249 e. The number of rotatable bonds is 3. The van der Waals surface area contributed by atoms with Gasteiger partial charge in [0.25, 0.3) is 0 Å². The molecule has 1 aliphatic rings. The molecule has 1 fully saturated rings. The van der Waals surface area contributed by atoms with Crippen LogP contribution in [0.4, 0.5) is 11.8 Å². The van der Waals surface area contributed by atoms with Crippen molar-refractivity contribution >= 4 is 23.6 Å². The summed E-state index contributed by atoms with van der Waals surface area (Å²) in [5.41, 5.74) is 0.784. The molecule has 0 bridgehead atoms. The molecule has 102 valence electrons. The lowest BCUT2D eigenvalue weighted by atomic mass is 10.2. The van der Waals surface area contributed by atoms with Crippen LogP contribution in [0.15, 0.2) is 6.07 Å². The molecule has 0 radical (unpaired) electrons. The van der Waals surface area contributed by atoms with Crippen molar-refractivity contribution in [3.05, 3.63) is 11.8 Å². The van der Waals surface area contributed by atoms with E-state index in [1.165, 1.54) is 0 Å². The molecular weight excluding hydrogens is 246 g/mol. The van der Waals surface area contributed by atoms with Gasteiger partial charge >= 0.3 is 0 Å². The van der Waals surface area contributed by atoms with Crippen molar-refractivity contribution in [1.29, 1.82) is 0 Å². The quantitative estimate of drug-likeness (QED) is 0.750. The molecule has 1 aromatic heterocycles. The first kappa shape index (κ1) is 13.3. The maximum absolute atomic E-state index is 11.7. The smallest absolute Gasteiger partial charge is 0.249 e. The number of nitrogens with zero attached hydrogens (tertiary/aromatic N) is 3. The summed E-state index contributed by atoms with van der Waals surface area (Å²) < 4.78 is 0. The molecule has 1 unspecified atom stereocenters. The molecule has 2 amide bonds. The van der Waals surface area contributed by atoms with Gasteiger partial charge in [-0.15, -0.1) is 0 Å². The Morgan fingerprint density at radius 1 is 1.47 bits per heavy atom. The molecule has 1 aromatic rings. The summed E-state index contributed by atoms with van der Waals surface area (Å²) in [5.74, 6) is 0.462. The standard InChI is InChI=1S/C12H17N5O2/c1-4-13-12-14-7(2)5-9(15-12)17-6-10(18)16-11(19)8(17)3/h5,8H,4,6H2,1-3H3,(H,13,14,15)(H,16,18,19). The van der Waals surface area contributed by atoms with Crippen molar-refractivity contribution in [1.82, 2.24) is 15.3 Å². The Kier molecular flexibility index (Phi) is 3.64. The van der Waals surface area contributed by atoms with E-state index in [1.54, 1.807) is 17.9 Å². The van der Waals surface area contributed by atoms with E-state index in [0.717, 1.165) is 5.69 Å². The predicted octanol–water partition coefficient (Wildman–Crippen LogP) is 0.0681. The third-order valence-electron chi connectivity index (χ3n) is 2.89. The lowest BCUT2D eigenvalue weighted by Crippen LogP contribution is -2.57. The van der Waals surface area contributed by atoms with Gasteiger partial charge in [0.15, 0.2) is 0 Å². The second kappa shape index (κ2) is 5.21. The van der Waals surface area contributed by atoms with Crippen LogP contribution in [-0.4, -0.2) is 40.9 Å². The second-order valence-electron chi connectivity index (χ2n) is 4.44. The number of piperazine rings is 1. The van der Waals surface area contributed by atoms with Crippen molar-refractivity contribution in [3.8, 4) is 0 Å². The van der Waals surface area contributed by atoms with E-state index in [0.29, 0.717) is 18.3 Å². The number of hydrogen-bond donors (Lipinski definition) is 2. The van der Waals surface area contributed by atoms with Crippen LogP contribution in [0.25, 0.3) is 0 Å². The van der Waals surface area contributed by atoms with Crippen molar-refractivity contribution in [2.75, 3.05) is 23.3 Å². The van der Waals surface area contributed by atoms with Crippen LogP contribution < -0.4 is 15.5 Å². The summed E-state index contributed by atoms with van der Waals surface area (Å²) >= 11 is 0. The summed E-state index contributed by atoms with van der Waals surface area (Å²) in [5, 5.41) is 5.34. The molecule has 1 atom stereocenters. The normalized spacial score (nSPS) is 19.3. The Balaban J connectivity index is 2.34. The van der Waals surface area contributed by atoms with E-state index in [4.69, 9.17) is 0 Å². The number of aryl methyl sites for hydroxylation is 1. The zero-order chi connectivity index (χ0) is 14.0. The highest BCUT2D eigenvalue weighted by Crippen LogP contribution is 2.19. The molecule has 7 nitrogen and oxygen atoms in total. The number of carbonyl (C=O) groups is 2. The molecule has 0 spiro atoms. The van der Waals surface area contributed by atoms with Gasteiger partial charge in [-0.1, -0.05) is 0 Å². The summed E-state index contributed by atoms with van der Waals surface area (Å²) in [7, 11) is 0. The highest BCUT2D eigenvalue weighted by molar-refractivity contribution is 6.04. The first-order valence-corrected chi connectivity index (χ1v) is 6.21. The van der Waals surface area contributed by atoms with Crippen molar-refractivity contribution < 1.29 is 9.59 Å². The number of nitrogens with one attached hydrogen (secondary N) is 2. The minimum atomic E-state index is -0.429. The lowest BCUT2D eigenvalue weighted by Gasteiger charge is -2.32. The molecule has 1 aliphatic heterocycles. The molecule has 19 heavy (non-hydrogen) atoms. The number of aromatic nitrogens is 2. The summed E-state index contributed by atoms with van der Waals surface area (Å²) in [4.78, 5) is 33.4. The van der Waals surface area contributed by atoms with Crippen molar-refractivity contribution in [2.45, 2.75) is 26.8 Å². The first-order valence-electron chi connectivity index (χ1n) is 6.21. The molecule has 7 heteroatoms. The van der Waals surface area contributed by atoms with Crippen molar-refractivity contribution in [3.63, 3.8) is 0 Å². The number of hydrogen-bond acceptors (Lipinski definition) is 6. The van der Waals surface area contributed by atoms with Gasteiger partial charge in [-0.25, -0.2) is 4.98 Å². The van der Waals surface area contributed by atoms with Gasteiger partial charge < -0.3 is 10.2 Å². The minimum Gasteiger partial charge on any atom is -0.354 e. The van der Waals surface area contributed by atoms with E-state index < -0.39 is 6.04 Å². The van der Waals surface area contributed by atoms with Crippen LogP contribution in [0.5, 0.6) is 0 Å². The lowest BCUT2D eigenvalue weighted by molar-refractivity contribution is -0.132. The van der Waals surface area contributed by atoms with E-state index >= 15 is 0 Å². The van der Waals surface area contributed by atoms with Crippen molar-refractivity contribution in [2.24, 2.45) is 0 Å². The van der Waals surface area contributed by atoms with Gasteiger partial charge in [0, 0.05) is 18.3 Å². The van der Waals surface area contributed by atoms with Gasteiger partial charge in [0.2, 0.25) is 17.8 Å². The SMILES string of the molecule is CCNc1nc(C)cc(N2CC(=O)NC(=O)C2C)n1. The number of amides is 2. The van der Waals surface area contributed by atoms with Crippen LogP contribution in [0.1, 0.15) is 19.5 Å². The zero-order valence-corrected chi connectivity index (χ0v) is 11.2. The molecule has 2 rings (SSSR count). The fourth-order valence-corrected chi connectivity index (χ4v) is 1.93. The van der Waals surface area contributed by atoms with Crippen LogP contribution in [0.3, 0.4) is 0 Å². The van der Waals surface area contributed by atoms with E-state index in [1.807, 2.05) is 13.8 Å².